The fraction of sp³-hybridized carbons (Fsp3) is 0.421. The summed E-state index contributed by atoms with van der Waals surface area (Å²) in [5.41, 5.74) is 1.76. The topological polar surface area (TPSA) is 56.8 Å². The van der Waals surface area contributed by atoms with Crippen LogP contribution in [0.2, 0.25) is 0 Å². The first-order chi connectivity index (χ1) is 13.6. The smallest absolute Gasteiger partial charge is 0.269 e. The number of piperidine rings is 1. The number of thioether (sulfide) groups is 1. The van der Waals surface area contributed by atoms with Crippen molar-refractivity contribution >= 4 is 61.7 Å². The molecule has 2 saturated heterocycles. The van der Waals surface area contributed by atoms with Crippen molar-refractivity contribution in [3.05, 3.63) is 39.8 Å². The molecule has 146 valence electrons. The molecule has 1 spiro atoms. The standard InChI is InChI=1S/C19H19BrN4O2S2/c20-13-4-5-15-14(10-13)19(17(26)23(15)12-22-7-2-1-3-8-22)24(16(25)11-28-19)18-21-6-9-27-18/h4-6,9-10H,1-3,7-8,11-12H2. The van der Waals surface area contributed by atoms with Crippen LogP contribution >= 0.6 is 39.0 Å². The fourth-order valence-electron chi connectivity index (χ4n) is 4.26. The Morgan fingerprint density at radius 3 is 2.75 bits per heavy atom. The lowest BCUT2D eigenvalue weighted by Gasteiger charge is -2.33. The first-order valence-corrected chi connectivity index (χ1v) is 12.0. The Hall–Kier alpha value is -1.42. The summed E-state index contributed by atoms with van der Waals surface area (Å²) < 4.78 is 0.900. The third kappa shape index (κ3) is 2.74. The maximum absolute atomic E-state index is 13.9. The number of anilines is 2. The summed E-state index contributed by atoms with van der Waals surface area (Å²) in [5, 5.41) is 2.42. The number of rotatable bonds is 3. The first-order valence-electron chi connectivity index (χ1n) is 9.32. The van der Waals surface area contributed by atoms with Gasteiger partial charge in [-0.3, -0.25) is 24.3 Å². The lowest BCUT2D eigenvalue weighted by Crippen LogP contribution is -2.52. The summed E-state index contributed by atoms with van der Waals surface area (Å²) in [6, 6.07) is 5.93. The van der Waals surface area contributed by atoms with E-state index in [9.17, 15) is 9.59 Å². The molecule has 1 atom stereocenters. The summed E-state index contributed by atoms with van der Waals surface area (Å²) >= 11 is 6.35. The summed E-state index contributed by atoms with van der Waals surface area (Å²) in [7, 11) is 0. The predicted molar refractivity (Wildman–Crippen MR) is 116 cm³/mol. The molecule has 0 radical (unpaired) electrons. The fourth-order valence-corrected chi connectivity index (χ4v) is 6.72. The predicted octanol–water partition coefficient (Wildman–Crippen LogP) is 3.63. The minimum Gasteiger partial charge on any atom is -0.295 e. The Kier molecular flexibility index (Phi) is 4.73. The van der Waals surface area contributed by atoms with Crippen LogP contribution in [0, 0.1) is 0 Å². The zero-order chi connectivity index (χ0) is 19.3. The molecule has 2 fully saturated rings. The number of thiazole rings is 1. The van der Waals surface area contributed by atoms with Crippen molar-refractivity contribution in [3.8, 4) is 0 Å². The van der Waals surface area contributed by atoms with Crippen LogP contribution in [0.4, 0.5) is 10.8 Å². The van der Waals surface area contributed by atoms with Crippen LogP contribution in [0.5, 0.6) is 0 Å². The zero-order valence-electron chi connectivity index (χ0n) is 15.1. The Morgan fingerprint density at radius 2 is 2.00 bits per heavy atom. The van der Waals surface area contributed by atoms with Crippen LogP contribution in [-0.4, -0.2) is 47.2 Å². The molecule has 3 aliphatic rings. The maximum Gasteiger partial charge on any atom is 0.269 e. The average molecular weight is 479 g/mol. The molecule has 1 aromatic carbocycles. The van der Waals surface area contributed by atoms with E-state index in [4.69, 9.17) is 0 Å². The molecular formula is C19H19BrN4O2S2. The number of carbonyl (C=O) groups is 2. The van der Waals surface area contributed by atoms with Crippen LogP contribution in [0.15, 0.2) is 34.2 Å². The second-order valence-corrected chi connectivity index (χ2v) is 10.1. The quantitative estimate of drug-likeness (QED) is 0.673. The van der Waals surface area contributed by atoms with E-state index in [1.54, 1.807) is 11.1 Å². The van der Waals surface area contributed by atoms with Crippen molar-refractivity contribution in [2.24, 2.45) is 0 Å². The van der Waals surface area contributed by atoms with Gasteiger partial charge in [-0.1, -0.05) is 22.4 Å². The van der Waals surface area contributed by atoms with Gasteiger partial charge in [0.2, 0.25) is 10.8 Å². The minimum absolute atomic E-state index is 0.0442. The second-order valence-electron chi connectivity index (χ2n) is 7.19. The summed E-state index contributed by atoms with van der Waals surface area (Å²) in [5.74, 6) is 0.158. The van der Waals surface area contributed by atoms with Crippen molar-refractivity contribution in [3.63, 3.8) is 0 Å². The van der Waals surface area contributed by atoms with Gasteiger partial charge in [-0.2, -0.15) is 0 Å². The monoisotopic (exact) mass is 478 g/mol. The number of nitrogens with zero attached hydrogens (tertiary/aromatic N) is 4. The number of hydrogen-bond acceptors (Lipinski definition) is 6. The molecule has 1 aromatic heterocycles. The highest BCUT2D eigenvalue weighted by Gasteiger charge is 2.61. The molecule has 2 amide bonds. The van der Waals surface area contributed by atoms with Crippen LogP contribution in [0.1, 0.15) is 24.8 Å². The van der Waals surface area contributed by atoms with Gasteiger partial charge in [-0.25, -0.2) is 4.98 Å². The minimum atomic E-state index is -1.07. The van der Waals surface area contributed by atoms with E-state index in [1.807, 2.05) is 28.5 Å². The SMILES string of the molecule is O=C1CSC2(C(=O)N(CN3CCCCC3)c3ccc(Br)cc32)N1c1nccs1. The van der Waals surface area contributed by atoms with Crippen LogP contribution in [-0.2, 0) is 14.5 Å². The highest BCUT2D eigenvalue weighted by Crippen LogP contribution is 2.56. The normalized spacial score (nSPS) is 25.2. The Morgan fingerprint density at radius 1 is 1.18 bits per heavy atom. The zero-order valence-corrected chi connectivity index (χ0v) is 18.4. The van der Waals surface area contributed by atoms with Gasteiger partial charge in [-0.05, 0) is 44.1 Å². The molecule has 9 heteroatoms. The number of likely N-dealkylation sites (tertiary alicyclic amines) is 1. The highest BCUT2D eigenvalue weighted by atomic mass is 79.9. The lowest BCUT2D eigenvalue weighted by molar-refractivity contribution is -0.124. The van der Waals surface area contributed by atoms with Gasteiger partial charge in [0.05, 0.1) is 18.1 Å². The number of carbonyl (C=O) groups excluding carboxylic acids is 2. The van der Waals surface area contributed by atoms with E-state index < -0.39 is 4.87 Å². The van der Waals surface area contributed by atoms with E-state index in [0.29, 0.717) is 11.8 Å². The molecule has 2 aromatic rings. The highest BCUT2D eigenvalue weighted by molar-refractivity contribution is 9.10. The number of benzene rings is 1. The summed E-state index contributed by atoms with van der Waals surface area (Å²) in [4.78, 5) is 35.8. The van der Waals surface area contributed by atoms with Gasteiger partial charge in [0.15, 0.2) is 5.13 Å². The molecule has 1 unspecified atom stereocenters. The molecule has 0 saturated carbocycles. The molecule has 0 bridgehead atoms. The van der Waals surface area contributed by atoms with Crippen molar-refractivity contribution in [1.29, 1.82) is 0 Å². The van der Waals surface area contributed by atoms with Crippen LogP contribution in [0.25, 0.3) is 0 Å². The molecule has 6 nitrogen and oxygen atoms in total. The molecule has 0 N–H and O–H groups in total. The lowest BCUT2D eigenvalue weighted by atomic mass is 10.1. The molecule has 3 aliphatic heterocycles. The third-order valence-electron chi connectivity index (χ3n) is 5.52. The van der Waals surface area contributed by atoms with Crippen LogP contribution < -0.4 is 9.80 Å². The van der Waals surface area contributed by atoms with Gasteiger partial charge >= 0.3 is 0 Å². The van der Waals surface area contributed by atoms with E-state index in [2.05, 4.69) is 25.8 Å². The van der Waals surface area contributed by atoms with Crippen LogP contribution in [0.3, 0.4) is 0 Å². The third-order valence-corrected chi connectivity index (χ3v) is 8.16. The molecule has 5 rings (SSSR count). The Balaban J connectivity index is 1.61. The van der Waals surface area contributed by atoms with Gasteiger partial charge in [0.1, 0.15) is 0 Å². The van der Waals surface area contributed by atoms with E-state index in [-0.39, 0.29) is 17.6 Å². The van der Waals surface area contributed by atoms with Gasteiger partial charge < -0.3 is 0 Å². The van der Waals surface area contributed by atoms with Crippen molar-refractivity contribution in [2.45, 2.75) is 24.1 Å². The number of halogens is 1. The molecule has 4 heterocycles. The number of hydrogen-bond donors (Lipinski definition) is 0. The largest absolute Gasteiger partial charge is 0.295 e. The number of amides is 2. The maximum atomic E-state index is 13.9. The molecule has 28 heavy (non-hydrogen) atoms. The summed E-state index contributed by atoms with van der Waals surface area (Å²) in [6.07, 6.45) is 5.26. The van der Waals surface area contributed by atoms with Gasteiger partial charge in [0.25, 0.3) is 5.91 Å². The average Bonchev–Trinajstić information content (AvgIpc) is 3.39. The number of fused-ring (bicyclic) bond motifs is 2. The van der Waals surface area contributed by atoms with Crippen molar-refractivity contribution in [2.75, 3.05) is 35.3 Å². The number of aromatic nitrogens is 1. The Labute approximate surface area is 180 Å². The first kappa shape index (κ1) is 18.6. The van der Waals surface area contributed by atoms with Gasteiger partial charge in [0, 0.05) is 21.6 Å². The van der Waals surface area contributed by atoms with E-state index in [0.717, 1.165) is 28.8 Å². The Bertz CT molecular complexity index is 932. The van der Waals surface area contributed by atoms with Gasteiger partial charge in [-0.15, -0.1) is 23.1 Å². The second kappa shape index (κ2) is 7.12. The molecular weight excluding hydrogens is 460 g/mol. The molecule has 0 aliphatic carbocycles. The van der Waals surface area contributed by atoms with Crippen molar-refractivity contribution in [1.82, 2.24) is 9.88 Å². The van der Waals surface area contributed by atoms with E-state index in [1.165, 1.54) is 42.4 Å². The summed E-state index contributed by atoms with van der Waals surface area (Å²) in [6.45, 7) is 2.57. The van der Waals surface area contributed by atoms with Crippen molar-refractivity contribution < 1.29 is 9.59 Å². The van der Waals surface area contributed by atoms with E-state index >= 15 is 0 Å².